The number of amides is 2. The van der Waals surface area contributed by atoms with Gasteiger partial charge in [0.2, 0.25) is 11.8 Å². The number of hydrogen-bond acceptors (Lipinski definition) is 3. The zero-order valence-corrected chi connectivity index (χ0v) is 16.8. The fourth-order valence-electron chi connectivity index (χ4n) is 6.33. The van der Waals surface area contributed by atoms with Gasteiger partial charge >= 0.3 is 0 Å². The van der Waals surface area contributed by atoms with Crippen LogP contribution in [0.1, 0.15) is 44.1 Å². The van der Waals surface area contributed by atoms with Gasteiger partial charge in [0.15, 0.2) is 0 Å². The first-order valence-corrected chi connectivity index (χ1v) is 11.5. The molecule has 0 unspecified atom stereocenters. The fourth-order valence-corrected chi connectivity index (χ4v) is 7.52. The lowest BCUT2D eigenvalue weighted by atomic mass is 9.53. The summed E-state index contributed by atoms with van der Waals surface area (Å²) in [6.07, 6.45) is 7.94. The van der Waals surface area contributed by atoms with Crippen molar-refractivity contribution in [1.29, 1.82) is 0 Å². The zero-order valence-electron chi connectivity index (χ0n) is 16.0. The van der Waals surface area contributed by atoms with Crippen LogP contribution in [0.15, 0.2) is 24.3 Å². The maximum atomic E-state index is 13.1. The predicted molar refractivity (Wildman–Crippen MR) is 107 cm³/mol. The van der Waals surface area contributed by atoms with E-state index in [0.29, 0.717) is 12.2 Å². The van der Waals surface area contributed by atoms with Crippen molar-refractivity contribution in [2.75, 3.05) is 5.75 Å². The second kappa shape index (κ2) is 7.05. The molecule has 4 bridgehead atoms. The molecule has 6 heteroatoms. The molecule has 6 rings (SSSR count). The van der Waals surface area contributed by atoms with E-state index in [2.05, 4.69) is 10.6 Å². The lowest BCUT2D eigenvalue weighted by Gasteiger charge is -2.57. The number of hydrogen-bond donors (Lipinski definition) is 2. The Hall–Kier alpha value is -1.56. The van der Waals surface area contributed by atoms with Gasteiger partial charge in [-0.05, 0) is 80.4 Å². The predicted octanol–water partition coefficient (Wildman–Crippen LogP) is 3.05. The topological polar surface area (TPSA) is 58.2 Å². The molecular formula is C22H27FN2O2S. The molecule has 1 aliphatic heterocycles. The molecule has 1 aromatic carbocycles. The highest BCUT2D eigenvalue weighted by Gasteiger charge is 2.52. The van der Waals surface area contributed by atoms with Crippen LogP contribution in [-0.4, -0.2) is 34.4 Å². The molecule has 0 spiro atoms. The number of thioether (sulfide) groups is 1. The van der Waals surface area contributed by atoms with Gasteiger partial charge in [-0.1, -0.05) is 12.1 Å². The van der Waals surface area contributed by atoms with E-state index in [-0.39, 0.29) is 28.4 Å². The Morgan fingerprint density at radius 3 is 2.29 bits per heavy atom. The van der Waals surface area contributed by atoms with Gasteiger partial charge in [-0.3, -0.25) is 9.59 Å². The highest BCUT2D eigenvalue weighted by molar-refractivity contribution is 8.00. The molecule has 1 aromatic rings. The molecule has 5 aliphatic rings. The average Bonchev–Trinajstić information content (AvgIpc) is 2.63. The number of nitrogens with one attached hydrogen (secondary N) is 2. The van der Waals surface area contributed by atoms with Crippen LogP contribution in [0.25, 0.3) is 0 Å². The SMILES string of the molecule is O=C(NC12CC3CC(CC(C3)C1)C2)[C@@H]1CS[C@@H](Cc2ccc(F)cc2)C(=O)N1. The molecule has 2 amide bonds. The van der Waals surface area contributed by atoms with E-state index in [1.807, 2.05) is 0 Å². The van der Waals surface area contributed by atoms with Crippen LogP contribution in [0.3, 0.4) is 0 Å². The maximum absolute atomic E-state index is 13.1. The summed E-state index contributed by atoms with van der Waals surface area (Å²) < 4.78 is 13.1. The van der Waals surface area contributed by atoms with E-state index >= 15 is 0 Å². The number of carbonyl (C=O) groups excluding carboxylic acids is 2. The molecule has 5 fully saturated rings. The Bertz CT molecular complexity index is 746. The molecule has 4 aliphatic carbocycles. The highest BCUT2D eigenvalue weighted by atomic mass is 32.2. The van der Waals surface area contributed by atoms with Crippen molar-refractivity contribution in [3.05, 3.63) is 35.6 Å². The minimum atomic E-state index is -0.449. The third-order valence-corrected chi connectivity index (χ3v) is 8.46. The molecule has 2 atom stereocenters. The van der Waals surface area contributed by atoms with Gasteiger partial charge in [-0.15, -0.1) is 11.8 Å². The largest absolute Gasteiger partial charge is 0.349 e. The first-order chi connectivity index (χ1) is 13.5. The van der Waals surface area contributed by atoms with Crippen LogP contribution in [0.5, 0.6) is 0 Å². The highest BCUT2D eigenvalue weighted by Crippen LogP contribution is 2.55. The number of benzene rings is 1. The summed E-state index contributed by atoms with van der Waals surface area (Å²) in [6, 6.07) is 5.82. The second-order valence-corrected chi connectivity index (χ2v) is 10.6. The minimum Gasteiger partial charge on any atom is -0.349 e. The first-order valence-electron chi connectivity index (χ1n) is 10.5. The van der Waals surface area contributed by atoms with Gasteiger partial charge in [-0.25, -0.2) is 4.39 Å². The summed E-state index contributed by atoms with van der Waals surface area (Å²) in [5.41, 5.74) is 0.914. The van der Waals surface area contributed by atoms with Gasteiger partial charge in [0.05, 0.1) is 5.25 Å². The summed E-state index contributed by atoms with van der Waals surface area (Å²) in [7, 11) is 0. The van der Waals surface area contributed by atoms with Crippen molar-refractivity contribution in [3.8, 4) is 0 Å². The van der Waals surface area contributed by atoms with Crippen LogP contribution >= 0.6 is 11.8 Å². The van der Waals surface area contributed by atoms with Crippen LogP contribution < -0.4 is 10.6 Å². The van der Waals surface area contributed by atoms with Gasteiger partial charge in [-0.2, -0.15) is 0 Å². The Labute approximate surface area is 169 Å². The molecule has 0 radical (unpaired) electrons. The van der Waals surface area contributed by atoms with Crippen molar-refractivity contribution in [1.82, 2.24) is 10.6 Å². The summed E-state index contributed by atoms with van der Waals surface area (Å²) >= 11 is 1.53. The average molecular weight is 403 g/mol. The minimum absolute atomic E-state index is 0.0111. The third kappa shape index (κ3) is 3.56. The lowest BCUT2D eigenvalue weighted by Crippen LogP contribution is -2.64. The van der Waals surface area contributed by atoms with Gasteiger partial charge in [0.1, 0.15) is 11.9 Å². The molecular weight excluding hydrogens is 375 g/mol. The number of carbonyl (C=O) groups is 2. The van der Waals surface area contributed by atoms with Crippen LogP contribution in [-0.2, 0) is 16.0 Å². The van der Waals surface area contributed by atoms with Gasteiger partial charge in [0.25, 0.3) is 0 Å². The van der Waals surface area contributed by atoms with E-state index in [1.54, 1.807) is 12.1 Å². The van der Waals surface area contributed by atoms with E-state index in [9.17, 15) is 14.0 Å². The molecule has 2 N–H and O–H groups in total. The van der Waals surface area contributed by atoms with Crippen molar-refractivity contribution in [2.24, 2.45) is 17.8 Å². The zero-order chi connectivity index (χ0) is 19.3. The van der Waals surface area contributed by atoms with Gasteiger partial charge < -0.3 is 10.6 Å². The maximum Gasteiger partial charge on any atom is 0.243 e. The number of rotatable bonds is 4. The Morgan fingerprint density at radius 2 is 1.71 bits per heavy atom. The van der Waals surface area contributed by atoms with E-state index in [1.165, 1.54) is 43.2 Å². The molecule has 150 valence electrons. The molecule has 4 nitrogen and oxygen atoms in total. The Kier molecular flexibility index (Phi) is 4.65. The van der Waals surface area contributed by atoms with Crippen LogP contribution in [0.2, 0.25) is 0 Å². The van der Waals surface area contributed by atoms with E-state index < -0.39 is 6.04 Å². The Morgan fingerprint density at radius 1 is 1.11 bits per heavy atom. The smallest absolute Gasteiger partial charge is 0.243 e. The van der Waals surface area contributed by atoms with E-state index in [0.717, 1.165) is 42.6 Å². The number of halogens is 1. The monoisotopic (exact) mass is 402 g/mol. The summed E-state index contributed by atoms with van der Waals surface area (Å²) in [4.78, 5) is 25.5. The quantitative estimate of drug-likeness (QED) is 0.814. The summed E-state index contributed by atoms with van der Waals surface area (Å²) in [6.45, 7) is 0. The first kappa shape index (κ1) is 18.5. The summed E-state index contributed by atoms with van der Waals surface area (Å²) in [5.74, 6) is 2.56. The Balaban J connectivity index is 1.19. The standard InChI is InChI=1S/C22H27FN2O2S/c23-17-3-1-13(2-4-17)8-19-21(27)24-18(12-28-19)20(26)25-22-9-14-5-15(10-22)7-16(6-14)11-22/h1-4,14-16,18-19H,5-12H2,(H,24,27)(H,25,26)/t14?,15?,16?,18-,19-,22?/m0/s1. The normalized spacial score (nSPS) is 38.9. The van der Waals surface area contributed by atoms with Crippen molar-refractivity contribution in [3.63, 3.8) is 0 Å². The van der Waals surface area contributed by atoms with Crippen LogP contribution in [0.4, 0.5) is 4.39 Å². The molecule has 1 saturated heterocycles. The summed E-state index contributed by atoms with van der Waals surface area (Å²) in [5, 5.41) is 6.08. The fraction of sp³-hybridized carbons (Fsp3) is 0.636. The van der Waals surface area contributed by atoms with Crippen molar-refractivity contribution < 1.29 is 14.0 Å². The molecule has 4 saturated carbocycles. The molecule has 28 heavy (non-hydrogen) atoms. The molecule has 0 aromatic heterocycles. The third-order valence-electron chi connectivity index (χ3n) is 7.15. The van der Waals surface area contributed by atoms with Crippen LogP contribution in [0, 0.1) is 23.6 Å². The lowest BCUT2D eigenvalue weighted by molar-refractivity contribution is -0.132. The molecule has 1 heterocycles. The van der Waals surface area contributed by atoms with Crippen molar-refractivity contribution >= 4 is 23.6 Å². The van der Waals surface area contributed by atoms with E-state index in [4.69, 9.17) is 0 Å². The van der Waals surface area contributed by atoms with Crippen molar-refractivity contribution in [2.45, 2.75) is 61.8 Å². The second-order valence-electron chi connectivity index (χ2n) is 9.40. The van der Waals surface area contributed by atoms with Gasteiger partial charge in [0, 0.05) is 11.3 Å².